The quantitative estimate of drug-likeness (QED) is 0.443. The van der Waals surface area contributed by atoms with E-state index in [1.165, 1.54) is 22.9 Å². The molecule has 5 aromatic rings. The molecule has 8 nitrogen and oxygen atoms in total. The highest BCUT2D eigenvalue weighted by Crippen LogP contribution is 2.31. The van der Waals surface area contributed by atoms with Crippen molar-refractivity contribution in [2.24, 2.45) is 0 Å². The smallest absolute Gasteiger partial charge is 0.314 e. The maximum absolute atomic E-state index is 12.6. The van der Waals surface area contributed by atoms with Crippen molar-refractivity contribution >= 4 is 38.8 Å². The first-order valence-electron chi connectivity index (χ1n) is 8.33. The second kappa shape index (κ2) is 6.97. The standard InChI is InChI=1S/C17H11F2N7OS2/c18-14(19)17-23-22-16(27-17)13-4-2-9(28-13)6-26-7-11(21-25-26)8-1-3-12-10(5-8)15(20)24-29-12/h1-5,7,14H,6H2,(H2,20,24). The fraction of sp³-hybridized carbons (Fsp3) is 0.118. The number of thiophene rings is 1. The first-order chi connectivity index (χ1) is 14.1. The van der Waals surface area contributed by atoms with E-state index in [0.29, 0.717) is 22.9 Å². The van der Waals surface area contributed by atoms with Crippen molar-refractivity contribution in [3.63, 3.8) is 0 Å². The molecule has 4 aromatic heterocycles. The van der Waals surface area contributed by atoms with Crippen LogP contribution < -0.4 is 5.73 Å². The lowest BCUT2D eigenvalue weighted by Crippen LogP contribution is -1.97. The molecule has 0 aliphatic carbocycles. The molecule has 0 saturated carbocycles. The number of nitrogens with zero attached hydrogens (tertiary/aromatic N) is 6. The Morgan fingerprint density at radius 2 is 2.03 bits per heavy atom. The zero-order chi connectivity index (χ0) is 20.0. The number of anilines is 1. The predicted molar refractivity (Wildman–Crippen MR) is 105 cm³/mol. The van der Waals surface area contributed by atoms with Gasteiger partial charge in [0.1, 0.15) is 11.5 Å². The van der Waals surface area contributed by atoms with Crippen LogP contribution in [0.3, 0.4) is 0 Å². The predicted octanol–water partition coefficient (Wildman–Crippen LogP) is 4.23. The summed E-state index contributed by atoms with van der Waals surface area (Å²) in [6.45, 7) is 0.470. The summed E-state index contributed by atoms with van der Waals surface area (Å²) in [5.41, 5.74) is 7.51. The van der Waals surface area contributed by atoms with E-state index >= 15 is 0 Å². The van der Waals surface area contributed by atoms with Crippen molar-refractivity contribution in [3.05, 3.63) is 47.3 Å². The Balaban J connectivity index is 1.36. The van der Waals surface area contributed by atoms with Gasteiger partial charge in [0.05, 0.1) is 22.3 Å². The third kappa shape index (κ3) is 3.36. The molecule has 4 heterocycles. The maximum atomic E-state index is 12.6. The van der Waals surface area contributed by atoms with E-state index in [2.05, 4.69) is 24.9 Å². The number of fused-ring (bicyclic) bond motifs is 1. The van der Waals surface area contributed by atoms with Gasteiger partial charge in [-0.15, -0.1) is 26.6 Å². The molecular weight excluding hydrogens is 420 g/mol. The van der Waals surface area contributed by atoms with E-state index in [9.17, 15) is 8.78 Å². The number of nitrogen functional groups attached to an aromatic ring is 1. The van der Waals surface area contributed by atoms with E-state index in [0.717, 1.165) is 20.5 Å². The van der Waals surface area contributed by atoms with Gasteiger partial charge in [-0.05, 0) is 35.8 Å². The Kier molecular flexibility index (Phi) is 4.28. The van der Waals surface area contributed by atoms with Crippen LogP contribution in [0, 0.1) is 0 Å². The summed E-state index contributed by atoms with van der Waals surface area (Å²) >= 11 is 2.72. The van der Waals surface area contributed by atoms with Crippen molar-refractivity contribution in [3.8, 4) is 22.0 Å². The summed E-state index contributed by atoms with van der Waals surface area (Å²) in [5, 5.41) is 16.3. The molecule has 0 amide bonds. The number of benzene rings is 1. The normalized spacial score (nSPS) is 11.7. The molecule has 0 fully saturated rings. The third-order valence-electron chi connectivity index (χ3n) is 4.15. The molecule has 5 rings (SSSR count). The van der Waals surface area contributed by atoms with Gasteiger partial charge in [0.25, 0.3) is 11.8 Å². The Bertz CT molecular complexity index is 1310. The lowest BCUT2D eigenvalue weighted by molar-refractivity contribution is 0.116. The average molecular weight is 431 g/mol. The van der Waals surface area contributed by atoms with Crippen molar-refractivity contribution in [1.29, 1.82) is 0 Å². The highest BCUT2D eigenvalue weighted by molar-refractivity contribution is 7.15. The molecule has 0 saturated heterocycles. The number of rotatable bonds is 5. The second-order valence-electron chi connectivity index (χ2n) is 6.09. The van der Waals surface area contributed by atoms with Crippen LogP contribution >= 0.6 is 22.9 Å². The average Bonchev–Trinajstić information content (AvgIpc) is 3.49. The first-order valence-corrected chi connectivity index (χ1v) is 9.92. The SMILES string of the molecule is Nc1nsc2ccc(-c3cn(Cc4ccc(-c5nnc(C(F)F)o5)s4)nn3)cc12. The second-order valence-corrected chi connectivity index (χ2v) is 8.07. The molecule has 2 N–H and O–H groups in total. The van der Waals surface area contributed by atoms with E-state index < -0.39 is 12.3 Å². The van der Waals surface area contributed by atoms with E-state index in [1.54, 1.807) is 10.7 Å². The molecule has 1 aromatic carbocycles. The van der Waals surface area contributed by atoms with Gasteiger partial charge in [-0.3, -0.25) is 0 Å². The topological polar surface area (TPSA) is 109 Å². The largest absolute Gasteiger partial charge is 0.414 e. The van der Waals surface area contributed by atoms with Crippen LogP contribution in [0.1, 0.15) is 17.2 Å². The van der Waals surface area contributed by atoms with Crippen LogP contribution in [0.4, 0.5) is 14.6 Å². The minimum Gasteiger partial charge on any atom is -0.414 e. The van der Waals surface area contributed by atoms with Gasteiger partial charge in [-0.25, -0.2) is 4.68 Å². The number of alkyl halides is 2. The number of halogens is 2. The Labute approximate surface area is 169 Å². The molecule has 12 heteroatoms. The molecule has 0 spiro atoms. The first kappa shape index (κ1) is 17.8. The third-order valence-corrected chi connectivity index (χ3v) is 6.05. The van der Waals surface area contributed by atoms with Crippen LogP contribution in [-0.4, -0.2) is 29.6 Å². The number of nitrogens with two attached hydrogens (primary N) is 1. The summed E-state index contributed by atoms with van der Waals surface area (Å²) in [6, 6.07) is 9.47. The van der Waals surface area contributed by atoms with Crippen molar-refractivity contribution < 1.29 is 13.2 Å². The lowest BCUT2D eigenvalue weighted by atomic mass is 10.1. The molecule has 0 aliphatic rings. The molecule has 146 valence electrons. The van der Waals surface area contributed by atoms with Crippen molar-refractivity contribution in [1.82, 2.24) is 29.6 Å². The van der Waals surface area contributed by atoms with Crippen LogP contribution in [-0.2, 0) is 6.54 Å². The number of hydrogen-bond acceptors (Lipinski definition) is 9. The lowest BCUT2D eigenvalue weighted by Gasteiger charge is -1.97. The zero-order valence-corrected chi connectivity index (χ0v) is 16.1. The fourth-order valence-electron chi connectivity index (χ4n) is 2.78. The van der Waals surface area contributed by atoms with Crippen LogP contribution in [0.15, 0.2) is 40.9 Å². The maximum Gasteiger partial charge on any atom is 0.314 e. The molecule has 0 atom stereocenters. The van der Waals surface area contributed by atoms with Gasteiger partial charge >= 0.3 is 6.43 Å². The van der Waals surface area contributed by atoms with Crippen molar-refractivity contribution in [2.45, 2.75) is 13.0 Å². The Morgan fingerprint density at radius 1 is 1.14 bits per heavy atom. The van der Waals surface area contributed by atoms with Gasteiger partial charge in [-0.2, -0.15) is 13.2 Å². The Morgan fingerprint density at radius 3 is 2.86 bits per heavy atom. The minimum absolute atomic E-state index is 0.0751. The van der Waals surface area contributed by atoms with E-state index in [-0.39, 0.29) is 5.89 Å². The van der Waals surface area contributed by atoms with E-state index in [1.807, 2.05) is 30.5 Å². The van der Waals surface area contributed by atoms with Gasteiger partial charge in [0, 0.05) is 15.8 Å². The summed E-state index contributed by atoms with van der Waals surface area (Å²) in [7, 11) is 0. The van der Waals surface area contributed by atoms with Gasteiger partial charge < -0.3 is 10.2 Å². The van der Waals surface area contributed by atoms with Gasteiger partial charge in [-0.1, -0.05) is 11.3 Å². The van der Waals surface area contributed by atoms with Gasteiger partial charge in [0.15, 0.2) is 0 Å². The minimum atomic E-state index is -2.79. The highest BCUT2D eigenvalue weighted by atomic mass is 32.1. The van der Waals surface area contributed by atoms with Crippen LogP contribution in [0.2, 0.25) is 0 Å². The summed E-state index contributed by atoms with van der Waals surface area (Å²) in [6.07, 6.45) is -0.957. The molecule has 29 heavy (non-hydrogen) atoms. The number of hydrogen-bond donors (Lipinski definition) is 1. The monoisotopic (exact) mass is 431 g/mol. The molecule has 0 radical (unpaired) electrons. The van der Waals surface area contributed by atoms with Crippen molar-refractivity contribution in [2.75, 3.05) is 5.73 Å². The fourth-order valence-corrected chi connectivity index (χ4v) is 4.39. The highest BCUT2D eigenvalue weighted by Gasteiger charge is 2.18. The molecular formula is C17H11F2N7OS2. The summed E-state index contributed by atoms with van der Waals surface area (Å²) < 4.78 is 37.0. The number of aromatic nitrogens is 6. The van der Waals surface area contributed by atoms with E-state index in [4.69, 9.17) is 10.2 Å². The Hall–Kier alpha value is -3.25. The molecule has 0 bridgehead atoms. The van der Waals surface area contributed by atoms with Crippen LogP contribution in [0.5, 0.6) is 0 Å². The molecule has 0 unspecified atom stereocenters. The van der Waals surface area contributed by atoms with Crippen LogP contribution in [0.25, 0.3) is 32.1 Å². The van der Waals surface area contributed by atoms with Gasteiger partial charge in [0.2, 0.25) is 0 Å². The zero-order valence-electron chi connectivity index (χ0n) is 14.5. The summed E-state index contributed by atoms with van der Waals surface area (Å²) in [5.74, 6) is -0.109. The summed E-state index contributed by atoms with van der Waals surface area (Å²) in [4.78, 5) is 1.56. The molecule has 0 aliphatic heterocycles.